The lowest BCUT2D eigenvalue weighted by molar-refractivity contribution is -0.140. The lowest BCUT2D eigenvalue weighted by atomic mass is 9.83. The number of furan rings is 1. The number of carbonyl (C=O) groups excluding carboxylic acids is 3. The number of benzene rings is 2. The summed E-state index contributed by atoms with van der Waals surface area (Å²) in [4.78, 5) is 42.5. The van der Waals surface area contributed by atoms with Crippen LogP contribution in [0.5, 0.6) is 11.5 Å². The number of rotatable bonds is 11. The van der Waals surface area contributed by atoms with Crippen LogP contribution in [0.3, 0.4) is 0 Å². The van der Waals surface area contributed by atoms with E-state index in [1.165, 1.54) is 4.90 Å². The molecule has 1 aliphatic heterocycles. The van der Waals surface area contributed by atoms with Crippen molar-refractivity contribution in [3.8, 4) is 11.5 Å². The normalized spacial score (nSPS) is 15.1. The first-order chi connectivity index (χ1) is 19.8. The highest BCUT2D eigenvalue weighted by Gasteiger charge is 2.37. The van der Waals surface area contributed by atoms with Crippen LogP contribution in [0.1, 0.15) is 53.6 Å². The molecule has 9 heteroatoms. The summed E-state index contributed by atoms with van der Waals surface area (Å²) in [5.41, 5.74) is 2.85. The van der Waals surface area contributed by atoms with Crippen molar-refractivity contribution in [1.82, 2.24) is 9.80 Å². The Labute approximate surface area is 240 Å². The number of amides is 2. The van der Waals surface area contributed by atoms with Gasteiger partial charge in [0.15, 0.2) is 17.3 Å². The molecule has 0 saturated carbocycles. The molecule has 1 unspecified atom stereocenters. The molecule has 1 aliphatic rings. The first kappa shape index (κ1) is 29.5. The minimum Gasteiger partial charge on any atom is -0.493 e. The van der Waals surface area contributed by atoms with Crippen LogP contribution in [0.15, 0.2) is 76.4 Å². The van der Waals surface area contributed by atoms with Gasteiger partial charge in [0.05, 0.1) is 32.9 Å². The molecule has 9 nitrogen and oxygen atoms in total. The second-order valence-corrected chi connectivity index (χ2v) is 9.80. The Balaban J connectivity index is 1.47. The Morgan fingerprint density at radius 1 is 1.02 bits per heavy atom. The highest BCUT2D eigenvalue weighted by atomic mass is 16.5. The van der Waals surface area contributed by atoms with Crippen molar-refractivity contribution in [1.29, 1.82) is 0 Å². The van der Waals surface area contributed by atoms with Gasteiger partial charge in [0.2, 0.25) is 5.91 Å². The van der Waals surface area contributed by atoms with Gasteiger partial charge in [-0.15, -0.1) is 0 Å². The molecule has 2 aromatic carbocycles. The summed E-state index contributed by atoms with van der Waals surface area (Å²) in [7, 11) is 4.88. The molecule has 0 radical (unpaired) electrons. The molecule has 41 heavy (non-hydrogen) atoms. The van der Waals surface area contributed by atoms with E-state index < -0.39 is 11.9 Å². The van der Waals surface area contributed by atoms with Crippen molar-refractivity contribution in [2.75, 3.05) is 34.4 Å². The van der Waals surface area contributed by atoms with Crippen molar-refractivity contribution < 1.29 is 33.0 Å². The Morgan fingerprint density at radius 3 is 2.44 bits per heavy atom. The van der Waals surface area contributed by atoms with Crippen LogP contribution in [-0.2, 0) is 27.3 Å². The smallest absolute Gasteiger partial charge is 0.336 e. The van der Waals surface area contributed by atoms with E-state index in [2.05, 4.69) is 0 Å². The number of esters is 1. The molecule has 2 amide bonds. The number of carbonyl (C=O) groups is 3. The molecule has 1 atom stereocenters. The molecule has 0 aliphatic carbocycles. The summed E-state index contributed by atoms with van der Waals surface area (Å²) < 4.78 is 21.9. The third-order valence-corrected chi connectivity index (χ3v) is 7.24. The zero-order chi connectivity index (χ0) is 29.5. The molecule has 0 bridgehead atoms. The maximum Gasteiger partial charge on any atom is 0.336 e. The van der Waals surface area contributed by atoms with Gasteiger partial charge in [0, 0.05) is 31.6 Å². The van der Waals surface area contributed by atoms with Gasteiger partial charge in [-0.25, -0.2) is 4.79 Å². The zero-order valence-corrected chi connectivity index (χ0v) is 24.1. The lowest BCUT2D eigenvalue weighted by Crippen LogP contribution is -2.38. The van der Waals surface area contributed by atoms with Crippen molar-refractivity contribution >= 4 is 17.8 Å². The van der Waals surface area contributed by atoms with Crippen LogP contribution in [0.2, 0.25) is 0 Å². The standard InChI is InChI=1S/C32H36N2O7/c1-6-40-32(37)30-21(2)34(29(35)19-25(30)23-10-8-7-9-11-23)20-24-13-15-27(41-24)31(36)33(3)17-16-22-12-14-26(38-4)28(18-22)39-5/h7-15,18,25H,6,16-17,19-20H2,1-5H3. The average molecular weight is 561 g/mol. The van der Waals surface area contributed by atoms with Crippen molar-refractivity contribution in [2.45, 2.75) is 39.2 Å². The quantitative estimate of drug-likeness (QED) is 0.306. The van der Waals surface area contributed by atoms with Gasteiger partial charge >= 0.3 is 5.97 Å². The largest absolute Gasteiger partial charge is 0.493 e. The van der Waals surface area contributed by atoms with E-state index >= 15 is 0 Å². The van der Waals surface area contributed by atoms with Gasteiger partial charge in [-0.05, 0) is 55.7 Å². The second-order valence-electron chi connectivity index (χ2n) is 9.80. The number of hydrogen-bond donors (Lipinski definition) is 0. The number of ether oxygens (including phenoxy) is 3. The van der Waals surface area contributed by atoms with E-state index in [1.807, 2.05) is 48.5 Å². The summed E-state index contributed by atoms with van der Waals surface area (Å²) in [6.07, 6.45) is 0.739. The summed E-state index contributed by atoms with van der Waals surface area (Å²) in [6, 6.07) is 18.4. The van der Waals surface area contributed by atoms with Crippen LogP contribution in [0.25, 0.3) is 0 Å². The fraction of sp³-hybridized carbons (Fsp3) is 0.344. The minimum absolute atomic E-state index is 0.0950. The molecule has 0 saturated heterocycles. The Kier molecular flexibility index (Phi) is 9.49. The Hall–Kier alpha value is -4.53. The zero-order valence-electron chi connectivity index (χ0n) is 24.1. The van der Waals surface area contributed by atoms with Crippen molar-refractivity contribution in [3.05, 3.63) is 94.6 Å². The van der Waals surface area contributed by atoms with E-state index in [1.54, 1.807) is 52.1 Å². The first-order valence-corrected chi connectivity index (χ1v) is 13.6. The first-order valence-electron chi connectivity index (χ1n) is 13.6. The van der Waals surface area contributed by atoms with E-state index in [9.17, 15) is 14.4 Å². The highest BCUT2D eigenvalue weighted by molar-refractivity contribution is 5.96. The SMILES string of the molecule is CCOC(=O)C1=C(C)N(Cc2ccc(C(=O)N(C)CCc3ccc(OC)c(OC)c3)o2)C(=O)CC1c1ccccc1. The summed E-state index contributed by atoms with van der Waals surface area (Å²) in [5, 5.41) is 0. The monoisotopic (exact) mass is 560 g/mol. The molecule has 0 fully saturated rings. The highest BCUT2D eigenvalue weighted by Crippen LogP contribution is 2.37. The van der Waals surface area contributed by atoms with E-state index in [4.69, 9.17) is 18.6 Å². The van der Waals surface area contributed by atoms with Gasteiger partial charge in [-0.3, -0.25) is 9.59 Å². The van der Waals surface area contributed by atoms with E-state index in [-0.39, 0.29) is 37.1 Å². The van der Waals surface area contributed by atoms with Crippen LogP contribution in [0.4, 0.5) is 0 Å². The fourth-order valence-electron chi connectivity index (χ4n) is 5.00. The molecule has 2 heterocycles. The fourth-order valence-corrected chi connectivity index (χ4v) is 5.00. The molecular formula is C32H36N2O7. The minimum atomic E-state index is -0.442. The van der Waals surface area contributed by atoms with Crippen LogP contribution < -0.4 is 9.47 Å². The van der Waals surface area contributed by atoms with Crippen molar-refractivity contribution in [3.63, 3.8) is 0 Å². The van der Waals surface area contributed by atoms with Gasteiger partial charge < -0.3 is 28.4 Å². The molecular weight excluding hydrogens is 524 g/mol. The number of hydrogen-bond acceptors (Lipinski definition) is 7. The predicted molar refractivity (Wildman–Crippen MR) is 153 cm³/mol. The molecule has 0 N–H and O–H groups in total. The molecule has 0 spiro atoms. The summed E-state index contributed by atoms with van der Waals surface area (Å²) >= 11 is 0. The lowest BCUT2D eigenvalue weighted by Gasteiger charge is -2.34. The van der Waals surface area contributed by atoms with Crippen molar-refractivity contribution in [2.24, 2.45) is 0 Å². The van der Waals surface area contributed by atoms with Gasteiger partial charge in [0.1, 0.15) is 5.76 Å². The molecule has 1 aromatic heterocycles. The van der Waals surface area contributed by atoms with E-state index in [0.29, 0.717) is 41.5 Å². The average Bonchev–Trinajstić information content (AvgIpc) is 3.46. The van der Waals surface area contributed by atoms with Crippen LogP contribution >= 0.6 is 0 Å². The molecule has 4 rings (SSSR count). The number of allylic oxidation sites excluding steroid dienone is 1. The molecule has 3 aromatic rings. The van der Waals surface area contributed by atoms with Crippen LogP contribution in [0, 0.1) is 0 Å². The van der Waals surface area contributed by atoms with Crippen LogP contribution in [-0.4, -0.2) is 62.0 Å². The maximum atomic E-state index is 13.3. The Morgan fingerprint density at radius 2 is 1.76 bits per heavy atom. The van der Waals surface area contributed by atoms with Gasteiger partial charge in [-0.2, -0.15) is 0 Å². The van der Waals surface area contributed by atoms with Gasteiger partial charge in [-0.1, -0.05) is 36.4 Å². The topological polar surface area (TPSA) is 98.5 Å². The van der Waals surface area contributed by atoms with Gasteiger partial charge in [0.25, 0.3) is 5.91 Å². The second kappa shape index (κ2) is 13.2. The molecule has 216 valence electrons. The number of likely N-dealkylation sites (N-methyl/N-ethyl adjacent to an activating group) is 1. The van der Waals surface area contributed by atoms with E-state index in [0.717, 1.165) is 11.1 Å². The number of nitrogens with zero attached hydrogens (tertiary/aromatic N) is 2. The number of methoxy groups -OCH3 is 2. The predicted octanol–water partition coefficient (Wildman–Crippen LogP) is 4.96. The summed E-state index contributed by atoms with van der Waals surface area (Å²) in [6.45, 7) is 4.28. The maximum absolute atomic E-state index is 13.3. The third-order valence-electron chi connectivity index (χ3n) is 7.24. The third kappa shape index (κ3) is 6.62. The summed E-state index contributed by atoms with van der Waals surface area (Å²) in [5.74, 6) is 0.642. The Bertz CT molecular complexity index is 1430.